The number of benzene rings is 3. The van der Waals surface area contributed by atoms with Crippen LogP contribution < -0.4 is 14.4 Å². The molecule has 3 aromatic rings. The van der Waals surface area contributed by atoms with Crippen molar-refractivity contribution in [1.82, 2.24) is 5.32 Å². The summed E-state index contributed by atoms with van der Waals surface area (Å²) in [4.78, 5) is 12.8. The Morgan fingerprint density at radius 3 is 2.35 bits per heavy atom. The van der Waals surface area contributed by atoms with Gasteiger partial charge in [0.25, 0.3) is 10.0 Å². The van der Waals surface area contributed by atoms with Gasteiger partial charge in [-0.1, -0.05) is 35.9 Å². The zero-order valence-corrected chi connectivity index (χ0v) is 20.7. The van der Waals surface area contributed by atoms with Gasteiger partial charge in [-0.25, -0.2) is 12.8 Å². The summed E-state index contributed by atoms with van der Waals surface area (Å²) in [6, 6.07) is 19.5. The number of anilines is 1. The molecule has 3 rings (SSSR count). The molecule has 3 aromatic carbocycles. The van der Waals surface area contributed by atoms with E-state index in [2.05, 4.69) is 5.32 Å². The number of halogens is 1. The van der Waals surface area contributed by atoms with Gasteiger partial charge in [0, 0.05) is 18.1 Å². The van der Waals surface area contributed by atoms with E-state index in [4.69, 9.17) is 4.74 Å². The molecule has 0 bridgehead atoms. The summed E-state index contributed by atoms with van der Waals surface area (Å²) in [5.74, 6) is 0.941. The fraction of sp³-hybridized carbons (Fsp3) is 0.240. The van der Waals surface area contributed by atoms with E-state index in [9.17, 15) is 17.6 Å². The summed E-state index contributed by atoms with van der Waals surface area (Å²) >= 11 is 1.49. The molecule has 0 aliphatic carbocycles. The smallest absolute Gasteiger partial charge is 0.264 e. The molecule has 0 fully saturated rings. The van der Waals surface area contributed by atoms with E-state index in [0.717, 1.165) is 9.87 Å². The van der Waals surface area contributed by atoms with Gasteiger partial charge >= 0.3 is 0 Å². The molecule has 0 aliphatic heterocycles. The fourth-order valence-corrected chi connectivity index (χ4v) is 5.41. The highest BCUT2D eigenvalue weighted by atomic mass is 32.2. The maximum Gasteiger partial charge on any atom is 0.264 e. The number of methoxy groups -OCH3 is 1. The number of hydrogen-bond donors (Lipinski definition) is 1. The minimum Gasteiger partial charge on any atom is -0.497 e. The predicted octanol–water partition coefficient (Wildman–Crippen LogP) is 4.39. The lowest BCUT2D eigenvalue weighted by molar-refractivity contribution is -0.119. The van der Waals surface area contributed by atoms with Crippen molar-refractivity contribution in [3.05, 3.63) is 89.7 Å². The highest BCUT2D eigenvalue weighted by Crippen LogP contribution is 2.26. The highest BCUT2D eigenvalue weighted by molar-refractivity contribution is 7.98. The number of sulfonamides is 1. The SMILES string of the molecule is COc1ccc(N(CC(=O)NCCSCc2ccccc2F)S(=O)(=O)c2ccc(C)cc2)cc1. The van der Waals surface area contributed by atoms with Gasteiger partial charge in [-0.2, -0.15) is 11.8 Å². The normalized spacial score (nSPS) is 11.1. The number of carbonyl (C=O) groups excluding carboxylic acids is 1. The van der Waals surface area contributed by atoms with E-state index < -0.39 is 15.9 Å². The van der Waals surface area contributed by atoms with Crippen molar-refractivity contribution in [1.29, 1.82) is 0 Å². The molecule has 0 saturated heterocycles. The van der Waals surface area contributed by atoms with Crippen LogP contribution in [0.25, 0.3) is 0 Å². The quantitative estimate of drug-likeness (QED) is 0.394. The molecule has 6 nitrogen and oxygen atoms in total. The Morgan fingerprint density at radius 2 is 1.71 bits per heavy atom. The van der Waals surface area contributed by atoms with Crippen LogP contribution in [-0.4, -0.2) is 40.3 Å². The number of ether oxygens (including phenoxy) is 1. The standard InChI is InChI=1S/C25H27FN2O4S2/c1-19-7-13-23(14-8-19)34(30,31)28(21-9-11-22(32-2)12-10-21)17-25(29)27-15-16-33-18-20-5-3-4-6-24(20)26/h3-14H,15-18H2,1-2H3,(H,27,29). The van der Waals surface area contributed by atoms with Crippen molar-refractivity contribution in [2.24, 2.45) is 0 Å². The number of aryl methyl sites for hydroxylation is 1. The molecule has 0 radical (unpaired) electrons. The molecule has 0 spiro atoms. The lowest BCUT2D eigenvalue weighted by atomic mass is 10.2. The number of carbonyl (C=O) groups is 1. The number of amides is 1. The lowest BCUT2D eigenvalue weighted by Crippen LogP contribution is -2.41. The topological polar surface area (TPSA) is 75.7 Å². The number of nitrogens with zero attached hydrogens (tertiary/aromatic N) is 1. The summed E-state index contributed by atoms with van der Waals surface area (Å²) < 4.78 is 46.7. The summed E-state index contributed by atoms with van der Waals surface area (Å²) in [5.41, 5.74) is 1.89. The second kappa shape index (κ2) is 11.9. The molecule has 180 valence electrons. The van der Waals surface area contributed by atoms with Gasteiger partial charge in [0.15, 0.2) is 0 Å². The molecule has 0 aromatic heterocycles. The van der Waals surface area contributed by atoms with Crippen LogP contribution in [-0.2, 0) is 20.6 Å². The Bertz CT molecular complexity index is 1200. The first-order valence-electron chi connectivity index (χ1n) is 10.6. The third-order valence-corrected chi connectivity index (χ3v) is 7.84. The molecular formula is C25H27FN2O4S2. The second-order valence-electron chi connectivity index (χ2n) is 7.52. The average Bonchev–Trinajstić information content (AvgIpc) is 2.83. The third kappa shape index (κ3) is 6.74. The maximum atomic E-state index is 13.7. The first-order valence-corrected chi connectivity index (χ1v) is 13.2. The molecule has 0 saturated carbocycles. The minimum atomic E-state index is -3.98. The number of rotatable bonds is 11. The molecule has 0 unspecified atom stereocenters. The van der Waals surface area contributed by atoms with E-state index in [1.54, 1.807) is 54.6 Å². The average molecular weight is 503 g/mol. The number of hydrogen-bond acceptors (Lipinski definition) is 5. The van der Waals surface area contributed by atoms with E-state index >= 15 is 0 Å². The van der Waals surface area contributed by atoms with Gasteiger partial charge < -0.3 is 10.1 Å². The maximum absolute atomic E-state index is 13.7. The van der Waals surface area contributed by atoms with E-state index in [1.807, 2.05) is 6.92 Å². The Labute approximate surface area is 204 Å². The summed E-state index contributed by atoms with van der Waals surface area (Å²) in [7, 11) is -2.46. The Morgan fingerprint density at radius 1 is 1.03 bits per heavy atom. The summed E-state index contributed by atoms with van der Waals surface area (Å²) in [6.07, 6.45) is 0. The predicted molar refractivity (Wildman–Crippen MR) is 134 cm³/mol. The zero-order valence-electron chi connectivity index (χ0n) is 19.0. The molecule has 0 heterocycles. The molecule has 9 heteroatoms. The Balaban J connectivity index is 1.66. The molecular weight excluding hydrogens is 475 g/mol. The lowest BCUT2D eigenvalue weighted by Gasteiger charge is -2.24. The minimum absolute atomic E-state index is 0.0992. The van der Waals surface area contributed by atoms with Crippen LogP contribution in [0.2, 0.25) is 0 Å². The van der Waals surface area contributed by atoms with E-state index in [1.165, 1.54) is 37.1 Å². The van der Waals surface area contributed by atoms with Gasteiger partial charge in [-0.05, 0) is 55.0 Å². The van der Waals surface area contributed by atoms with Crippen molar-refractivity contribution >= 4 is 33.4 Å². The zero-order chi connectivity index (χ0) is 24.6. The number of nitrogens with one attached hydrogen (secondary N) is 1. The largest absolute Gasteiger partial charge is 0.497 e. The van der Waals surface area contributed by atoms with Crippen LogP contribution in [0.5, 0.6) is 5.75 Å². The molecule has 0 atom stereocenters. The van der Waals surface area contributed by atoms with Crippen LogP contribution in [0.1, 0.15) is 11.1 Å². The van der Waals surface area contributed by atoms with Crippen molar-refractivity contribution in [3.8, 4) is 5.75 Å². The van der Waals surface area contributed by atoms with Gasteiger partial charge in [-0.3, -0.25) is 9.10 Å². The van der Waals surface area contributed by atoms with E-state index in [0.29, 0.717) is 35.1 Å². The molecule has 34 heavy (non-hydrogen) atoms. The van der Waals surface area contributed by atoms with Gasteiger partial charge in [0.2, 0.25) is 5.91 Å². The van der Waals surface area contributed by atoms with Gasteiger partial charge in [0.1, 0.15) is 18.1 Å². The molecule has 1 N–H and O–H groups in total. The van der Waals surface area contributed by atoms with Crippen LogP contribution in [0, 0.1) is 12.7 Å². The summed E-state index contributed by atoms with van der Waals surface area (Å²) in [6.45, 7) is 1.83. The third-order valence-electron chi connectivity index (χ3n) is 5.04. The van der Waals surface area contributed by atoms with Crippen LogP contribution in [0.3, 0.4) is 0 Å². The first-order chi connectivity index (χ1) is 16.3. The monoisotopic (exact) mass is 502 g/mol. The highest BCUT2D eigenvalue weighted by Gasteiger charge is 2.27. The molecule has 0 aliphatic rings. The summed E-state index contributed by atoms with van der Waals surface area (Å²) in [5, 5.41) is 2.75. The van der Waals surface area contributed by atoms with Gasteiger partial charge in [0.05, 0.1) is 17.7 Å². The van der Waals surface area contributed by atoms with E-state index in [-0.39, 0.29) is 17.3 Å². The second-order valence-corrected chi connectivity index (χ2v) is 10.5. The van der Waals surface area contributed by atoms with Crippen LogP contribution in [0.4, 0.5) is 10.1 Å². The van der Waals surface area contributed by atoms with Crippen molar-refractivity contribution in [2.45, 2.75) is 17.6 Å². The van der Waals surface area contributed by atoms with Crippen molar-refractivity contribution < 1.29 is 22.3 Å². The Hall–Kier alpha value is -3.04. The van der Waals surface area contributed by atoms with Crippen molar-refractivity contribution in [3.63, 3.8) is 0 Å². The van der Waals surface area contributed by atoms with Crippen LogP contribution >= 0.6 is 11.8 Å². The Kier molecular flexibility index (Phi) is 8.95. The number of thioether (sulfide) groups is 1. The van der Waals surface area contributed by atoms with Crippen molar-refractivity contribution in [2.75, 3.05) is 30.3 Å². The first kappa shape index (κ1) is 25.6. The molecule has 1 amide bonds. The fourth-order valence-electron chi connectivity index (χ4n) is 3.15. The van der Waals surface area contributed by atoms with Gasteiger partial charge in [-0.15, -0.1) is 0 Å². The van der Waals surface area contributed by atoms with Crippen LogP contribution in [0.15, 0.2) is 77.7 Å².